The van der Waals surface area contributed by atoms with E-state index < -0.39 is 8.07 Å². The van der Waals surface area contributed by atoms with Gasteiger partial charge in [-0.25, -0.2) is 4.68 Å². The zero-order valence-corrected chi connectivity index (χ0v) is 14.2. The van der Waals surface area contributed by atoms with E-state index in [1.54, 1.807) is 0 Å². The summed E-state index contributed by atoms with van der Waals surface area (Å²) in [4.78, 5) is 0. The number of thioether (sulfide) groups is 1. The van der Waals surface area contributed by atoms with Crippen LogP contribution in [-0.2, 0) is 12.3 Å². The Morgan fingerprint density at radius 1 is 1.25 bits per heavy atom. The Bertz CT molecular complexity index is 573. The van der Waals surface area contributed by atoms with Crippen LogP contribution >= 0.6 is 11.8 Å². The molecule has 0 amide bonds. The summed E-state index contributed by atoms with van der Waals surface area (Å²) in [5.41, 5.74) is 1.32. The van der Waals surface area contributed by atoms with Crippen LogP contribution in [0.25, 0.3) is 0 Å². The average molecular weight is 304 g/mol. The molecule has 3 nitrogen and oxygen atoms in total. The van der Waals surface area contributed by atoms with Gasteiger partial charge in [0, 0.05) is 5.75 Å². The Labute approximate surface area is 126 Å². The molecule has 2 rings (SSSR count). The van der Waals surface area contributed by atoms with E-state index in [1.165, 1.54) is 15.9 Å². The molecule has 20 heavy (non-hydrogen) atoms. The Morgan fingerprint density at radius 3 is 2.55 bits per heavy atom. The molecule has 2 aromatic rings. The first kappa shape index (κ1) is 15.1. The molecule has 0 unspecified atom stereocenters. The van der Waals surface area contributed by atoms with E-state index >= 15 is 0 Å². The summed E-state index contributed by atoms with van der Waals surface area (Å²) in [5, 5.41) is 11.1. The van der Waals surface area contributed by atoms with Crippen molar-refractivity contribution in [2.75, 3.05) is 0 Å². The van der Waals surface area contributed by atoms with Crippen LogP contribution in [0.4, 0.5) is 0 Å². The predicted molar refractivity (Wildman–Crippen MR) is 89.2 cm³/mol. The zero-order valence-electron chi connectivity index (χ0n) is 12.3. The Morgan fingerprint density at radius 2 is 1.95 bits per heavy atom. The van der Waals surface area contributed by atoms with Gasteiger partial charge in [-0.1, -0.05) is 61.3 Å². The Kier molecular flexibility index (Phi) is 4.83. The number of nitrogens with zero attached hydrogens (tertiary/aromatic N) is 3. The minimum Gasteiger partial charge on any atom is -0.235 e. The lowest BCUT2D eigenvalue weighted by Gasteiger charge is -2.15. The zero-order chi connectivity index (χ0) is 14.6. The van der Waals surface area contributed by atoms with Gasteiger partial charge >= 0.3 is 0 Å². The average Bonchev–Trinajstić information content (AvgIpc) is 2.81. The van der Waals surface area contributed by atoms with Gasteiger partial charge in [-0.3, -0.25) is 0 Å². The summed E-state index contributed by atoms with van der Waals surface area (Å²) >= 11 is 1.83. The molecule has 106 valence electrons. The molecular formula is C15H21N3SSi. The molecular weight excluding hydrogens is 282 g/mol. The first-order chi connectivity index (χ1) is 9.52. The summed E-state index contributed by atoms with van der Waals surface area (Å²) in [6.45, 7) is 11.4. The summed E-state index contributed by atoms with van der Waals surface area (Å²) in [6, 6.07) is 10.5. The van der Waals surface area contributed by atoms with Gasteiger partial charge in [-0.15, -0.1) is 23.4 Å². The van der Waals surface area contributed by atoms with Crippen LogP contribution in [0.3, 0.4) is 0 Å². The minimum atomic E-state index is -1.47. The third kappa shape index (κ3) is 3.61. The first-order valence-corrected chi connectivity index (χ1v) is 11.2. The number of rotatable bonds is 6. The third-order valence-corrected chi connectivity index (χ3v) is 6.01. The van der Waals surface area contributed by atoms with Crippen LogP contribution in [0, 0.1) is 0 Å². The van der Waals surface area contributed by atoms with Crippen molar-refractivity contribution >= 4 is 25.2 Å². The number of aromatic nitrogens is 3. The number of allylic oxidation sites excluding steroid dienone is 1. The molecule has 0 aliphatic carbocycles. The van der Waals surface area contributed by atoms with Crippen molar-refractivity contribution in [2.45, 2.75) is 37.0 Å². The fourth-order valence-corrected chi connectivity index (χ4v) is 5.07. The molecule has 0 fully saturated rings. The topological polar surface area (TPSA) is 30.7 Å². The van der Waals surface area contributed by atoms with E-state index in [4.69, 9.17) is 0 Å². The number of hydrogen-bond acceptors (Lipinski definition) is 3. The number of hydrogen-bond donors (Lipinski definition) is 0. The van der Waals surface area contributed by atoms with Gasteiger partial charge in [-0.05, 0) is 5.56 Å². The summed E-state index contributed by atoms with van der Waals surface area (Å²) < 4.78 is 1.97. The predicted octanol–water partition coefficient (Wildman–Crippen LogP) is 3.30. The van der Waals surface area contributed by atoms with Crippen LogP contribution in [-0.4, -0.2) is 23.1 Å². The monoisotopic (exact) mass is 303 g/mol. The molecule has 0 bridgehead atoms. The fraction of sp³-hybridized carbons (Fsp3) is 0.333. The SMILES string of the molecule is C=CCn1nnc([Si](C)(C)C)c1SCc1ccccc1. The summed E-state index contributed by atoms with van der Waals surface area (Å²) in [6.07, 6.45) is 1.87. The molecule has 1 aromatic heterocycles. The molecule has 0 aliphatic heterocycles. The maximum atomic E-state index is 4.42. The van der Waals surface area contributed by atoms with Crippen LogP contribution < -0.4 is 5.32 Å². The van der Waals surface area contributed by atoms with E-state index in [-0.39, 0.29) is 0 Å². The largest absolute Gasteiger partial charge is 0.235 e. The first-order valence-electron chi connectivity index (χ1n) is 6.74. The lowest BCUT2D eigenvalue weighted by Crippen LogP contribution is -2.40. The van der Waals surface area contributed by atoms with Gasteiger partial charge in [0.15, 0.2) is 0 Å². The van der Waals surface area contributed by atoms with Crippen molar-refractivity contribution in [1.82, 2.24) is 15.0 Å². The molecule has 0 aliphatic rings. The van der Waals surface area contributed by atoms with Crippen molar-refractivity contribution in [1.29, 1.82) is 0 Å². The van der Waals surface area contributed by atoms with Gasteiger partial charge in [0.05, 0.1) is 11.9 Å². The molecule has 1 aromatic carbocycles. The minimum absolute atomic E-state index is 0.717. The van der Waals surface area contributed by atoms with Crippen molar-refractivity contribution < 1.29 is 0 Å². The molecule has 1 heterocycles. The third-order valence-electron chi connectivity index (χ3n) is 2.92. The van der Waals surface area contributed by atoms with Gasteiger partial charge < -0.3 is 0 Å². The lowest BCUT2D eigenvalue weighted by molar-refractivity contribution is 0.616. The summed E-state index contributed by atoms with van der Waals surface area (Å²) in [7, 11) is -1.47. The molecule has 0 radical (unpaired) electrons. The number of benzene rings is 1. The van der Waals surface area contributed by atoms with Gasteiger partial charge in [0.1, 0.15) is 13.1 Å². The highest BCUT2D eigenvalue weighted by Gasteiger charge is 2.26. The van der Waals surface area contributed by atoms with Crippen molar-refractivity contribution in [3.63, 3.8) is 0 Å². The fourth-order valence-electron chi connectivity index (χ4n) is 1.89. The molecule has 0 N–H and O–H groups in total. The molecule has 0 spiro atoms. The molecule has 0 atom stereocenters. The molecule has 0 saturated carbocycles. The highest BCUT2D eigenvalue weighted by molar-refractivity contribution is 7.98. The van der Waals surface area contributed by atoms with Gasteiger partial charge in [0.25, 0.3) is 0 Å². The molecule has 0 saturated heterocycles. The van der Waals surface area contributed by atoms with Crippen LogP contribution in [0.1, 0.15) is 5.56 Å². The van der Waals surface area contributed by atoms with Crippen molar-refractivity contribution in [3.05, 3.63) is 48.6 Å². The molecule has 5 heteroatoms. The van der Waals surface area contributed by atoms with E-state index in [2.05, 4.69) is 60.8 Å². The maximum Gasteiger partial charge on any atom is 0.114 e. The van der Waals surface area contributed by atoms with E-state index in [1.807, 2.05) is 28.6 Å². The second kappa shape index (κ2) is 6.41. The van der Waals surface area contributed by atoms with Gasteiger partial charge in [0.2, 0.25) is 0 Å². The smallest absolute Gasteiger partial charge is 0.114 e. The summed E-state index contributed by atoms with van der Waals surface area (Å²) in [5.74, 6) is 0.947. The van der Waals surface area contributed by atoms with Crippen molar-refractivity contribution in [3.8, 4) is 0 Å². The van der Waals surface area contributed by atoms with E-state index in [9.17, 15) is 0 Å². The standard InChI is InChI=1S/C15H21N3SSi/c1-5-11-18-15(14(16-17-18)20(2,3)4)19-12-13-9-7-6-8-10-13/h5-10H,1,11-12H2,2-4H3. The Hall–Kier alpha value is -1.33. The van der Waals surface area contributed by atoms with E-state index in [0.29, 0.717) is 6.54 Å². The van der Waals surface area contributed by atoms with Crippen molar-refractivity contribution in [2.24, 2.45) is 0 Å². The second-order valence-electron chi connectivity index (χ2n) is 5.74. The highest BCUT2D eigenvalue weighted by atomic mass is 32.2. The van der Waals surface area contributed by atoms with Gasteiger partial charge in [-0.2, -0.15) is 0 Å². The van der Waals surface area contributed by atoms with Crippen LogP contribution in [0.15, 0.2) is 48.0 Å². The van der Waals surface area contributed by atoms with Crippen LogP contribution in [0.2, 0.25) is 19.6 Å². The quantitative estimate of drug-likeness (QED) is 0.466. The van der Waals surface area contributed by atoms with Crippen LogP contribution in [0.5, 0.6) is 0 Å². The van der Waals surface area contributed by atoms with E-state index in [0.717, 1.165) is 5.75 Å². The second-order valence-corrected chi connectivity index (χ2v) is 11.7. The lowest BCUT2D eigenvalue weighted by atomic mass is 10.2. The Balaban J connectivity index is 2.24. The maximum absolute atomic E-state index is 4.42. The highest BCUT2D eigenvalue weighted by Crippen LogP contribution is 2.22. The normalized spacial score (nSPS) is 11.6.